The van der Waals surface area contributed by atoms with Gasteiger partial charge in [-0.3, -0.25) is 9.48 Å². The summed E-state index contributed by atoms with van der Waals surface area (Å²) in [6, 6.07) is -0.896. The third-order valence-electron chi connectivity index (χ3n) is 5.86. The number of carboxylic acid groups (broad SMARTS) is 1. The zero-order valence-electron chi connectivity index (χ0n) is 17.1. The number of nitrogens with two attached hydrogens (primary N) is 1. The summed E-state index contributed by atoms with van der Waals surface area (Å²) in [5.74, 6) is -0.420. The van der Waals surface area contributed by atoms with Gasteiger partial charge in [-0.2, -0.15) is 10.1 Å². The molecule has 2 aliphatic carbocycles. The first-order valence-corrected chi connectivity index (χ1v) is 10.8. The molecule has 11 heteroatoms. The number of fused-ring (bicyclic) bond motifs is 2. The third kappa shape index (κ3) is 4.14. The van der Waals surface area contributed by atoms with Gasteiger partial charge in [-0.1, -0.05) is 26.0 Å². The number of hydrogen-bond acceptors (Lipinski definition) is 7. The van der Waals surface area contributed by atoms with Gasteiger partial charge in [0.25, 0.3) is 0 Å². The molecule has 5 N–H and O–H groups in total. The topological polar surface area (TPSA) is 148 Å². The van der Waals surface area contributed by atoms with Crippen LogP contribution in [0.5, 0.6) is 0 Å². The number of aromatic nitrogens is 4. The first kappa shape index (κ1) is 21.3. The van der Waals surface area contributed by atoms with Gasteiger partial charge >= 0.3 is 5.97 Å². The number of nitrogens with one attached hydrogen (secondary N) is 2. The maximum Gasteiger partial charge on any atom is 0.328 e. The molecule has 1 fully saturated rings. The highest BCUT2D eigenvalue weighted by molar-refractivity contribution is 9.10. The number of hydrogen-bond donors (Lipinski definition) is 4. The molecule has 31 heavy (non-hydrogen) atoms. The molecule has 0 aliphatic heterocycles. The van der Waals surface area contributed by atoms with Crippen molar-refractivity contribution in [1.29, 1.82) is 0 Å². The minimum Gasteiger partial charge on any atom is -0.480 e. The summed E-state index contributed by atoms with van der Waals surface area (Å²) < 4.78 is 2.07. The van der Waals surface area contributed by atoms with Crippen LogP contribution in [0.2, 0.25) is 0 Å². The maximum atomic E-state index is 12.0. The molecule has 0 saturated heterocycles. The summed E-state index contributed by atoms with van der Waals surface area (Å²) in [5, 5.41) is 20.0. The van der Waals surface area contributed by atoms with Crippen LogP contribution in [0.15, 0.2) is 35.2 Å². The summed E-state index contributed by atoms with van der Waals surface area (Å²) in [6.45, 7) is 3.65. The number of aliphatic carboxylic acids is 1. The number of anilines is 3. The van der Waals surface area contributed by atoms with Gasteiger partial charge in [-0.05, 0) is 40.1 Å². The van der Waals surface area contributed by atoms with Gasteiger partial charge in [-0.15, -0.1) is 0 Å². The van der Waals surface area contributed by atoms with Crippen LogP contribution < -0.4 is 16.4 Å². The van der Waals surface area contributed by atoms with Gasteiger partial charge in [0, 0.05) is 18.4 Å². The standard InChI is InChI=1S/C20H24BrN7O3/c1-9(2)16(19(30)31)28-8-12(6-24-28)25-20-23-7-13(21)18(27-20)26-15-11-4-3-10(5-11)14(15)17(22)29/h3-4,6-11,14-16H,5H2,1-2H3,(H2,22,29)(H,30,31)(H2,23,25,26,27)/t10-,11+,14+,15-,16?/m0/s1. The number of carboxylic acids is 1. The summed E-state index contributed by atoms with van der Waals surface area (Å²) in [7, 11) is 0. The number of rotatable bonds is 8. The molecule has 0 radical (unpaired) electrons. The molecule has 2 aliphatic rings. The summed E-state index contributed by atoms with van der Waals surface area (Å²) in [6.07, 6.45) is 9.84. The second-order valence-electron chi connectivity index (χ2n) is 8.30. The van der Waals surface area contributed by atoms with Crippen LogP contribution in [0.25, 0.3) is 0 Å². The Morgan fingerprint density at radius 1 is 1.29 bits per heavy atom. The fraction of sp³-hybridized carbons (Fsp3) is 0.450. The summed E-state index contributed by atoms with van der Waals surface area (Å²) >= 11 is 3.46. The van der Waals surface area contributed by atoms with Gasteiger partial charge < -0.3 is 21.5 Å². The van der Waals surface area contributed by atoms with E-state index in [9.17, 15) is 14.7 Å². The second-order valence-corrected chi connectivity index (χ2v) is 9.15. The van der Waals surface area contributed by atoms with Crippen molar-refractivity contribution in [3.8, 4) is 0 Å². The predicted molar refractivity (Wildman–Crippen MR) is 118 cm³/mol. The highest BCUT2D eigenvalue weighted by Crippen LogP contribution is 2.45. The quantitative estimate of drug-likeness (QED) is 0.413. The van der Waals surface area contributed by atoms with Crippen LogP contribution >= 0.6 is 15.9 Å². The van der Waals surface area contributed by atoms with Crippen molar-refractivity contribution in [3.05, 3.63) is 35.2 Å². The monoisotopic (exact) mass is 489 g/mol. The Morgan fingerprint density at radius 2 is 2.03 bits per heavy atom. The molecule has 5 atom stereocenters. The van der Waals surface area contributed by atoms with Gasteiger partial charge in [-0.25, -0.2) is 9.78 Å². The second kappa shape index (κ2) is 8.29. The molecule has 2 aromatic heterocycles. The van der Waals surface area contributed by atoms with Gasteiger partial charge in [0.15, 0.2) is 6.04 Å². The number of carbonyl (C=O) groups excluding carboxylic acids is 1. The number of allylic oxidation sites excluding steroid dienone is 1. The zero-order valence-corrected chi connectivity index (χ0v) is 18.7. The van der Waals surface area contributed by atoms with Gasteiger partial charge in [0.2, 0.25) is 11.9 Å². The molecule has 2 heterocycles. The van der Waals surface area contributed by atoms with E-state index in [2.05, 4.69) is 53.8 Å². The van der Waals surface area contributed by atoms with Crippen molar-refractivity contribution in [3.63, 3.8) is 0 Å². The van der Waals surface area contributed by atoms with E-state index in [1.54, 1.807) is 12.4 Å². The zero-order chi connectivity index (χ0) is 22.3. The molecular weight excluding hydrogens is 466 g/mol. The van der Waals surface area contributed by atoms with E-state index in [1.165, 1.54) is 10.9 Å². The molecule has 164 valence electrons. The molecule has 1 saturated carbocycles. The first-order chi connectivity index (χ1) is 14.7. The van der Waals surface area contributed by atoms with Crippen molar-refractivity contribution in [2.45, 2.75) is 32.4 Å². The average Bonchev–Trinajstić information content (AvgIpc) is 3.40. The lowest BCUT2D eigenvalue weighted by molar-refractivity contribution is -0.142. The molecule has 4 rings (SSSR count). The van der Waals surface area contributed by atoms with Crippen molar-refractivity contribution in [1.82, 2.24) is 19.7 Å². The predicted octanol–water partition coefficient (Wildman–Crippen LogP) is 2.55. The number of halogens is 1. The van der Waals surface area contributed by atoms with Crippen LogP contribution in [0.1, 0.15) is 26.3 Å². The van der Waals surface area contributed by atoms with Crippen LogP contribution in [-0.2, 0) is 9.59 Å². The highest BCUT2D eigenvalue weighted by atomic mass is 79.9. The first-order valence-electron chi connectivity index (χ1n) is 10.0. The molecule has 10 nitrogen and oxygen atoms in total. The average molecular weight is 490 g/mol. The Bertz CT molecular complexity index is 1040. The Labute approximate surface area is 187 Å². The van der Waals surface area contributed by atoms with E-state index in [4.69, 9.17) is 5.73 Å². The lowest BCUT2D eigenvalue weighted by Gasteiger charge is -2.27. The summed E-state index contributed by atoms with van der Waals surface area (Å²) in [5.41, 5.74) is 6.21. The molecule has 1 unspecified atom stereocenters. The fourth-order valence-electron chi connectivity index (χ4n) is 4.48. The van der Waals surface area contributed by atoms with Gasteiger partial charge in [0.05, 0.1) is 22.3 Å². The molecule has 2 bridgehead atoms. The van der Waals surface area contributed by atoms with E-state index in [0.717, 1.165) is 6.42 Å². The van der Waals surface area contributed by atoms with E-state index < -0.39 is 12.0 Å². The largest absolute Gasteiger partial charge is 0.480 e. The summed E-state index contributed by atoms with van der Waals surface area (Å²) in [4.78, 5) is 32.3. The number of primary amides is 1. The molecule has 0 spiro atoms. The van der Waals surface area contributed by atoms with Crippen molar-refractivity contribution < 1.29 is 14.7 Å². The number of carbonyl (C=O) groups is 2. The Balaban J connectivity index is 1.52. The fourth-order valence-corrected chi connectivity index (χ4v) is 4.79. The lowest BCUT2D eigenvalue weighted by atomic mass is 9.88. The van der Waals surface area contributed by atoms with Crippen LogP contribution in [-0.4, -0.2) is 42.8 Å². The normalized spacial score (nSPS) is 25.0. The minimum atomic E-state index is -0.944. The third-order valence-corrected chi connectivity index (χ3v) is 6.44. The molecular formula is C20H24BrN7O3. The van der Waals surface area contributed by atoms with E-state index >= 15 is 0 Å². The van der Waals surface area contributed by atoms with Gasteiger partial charge in [0.1, 0.15) is 5.82 Å². The molecule has 1 amide bonds. The van der Waals surface area contributed by atoms with Crippen molar-refractivity contribution >= 4 is 45.3 Å². The lowest BCUT2D eigenvalue weighted by Crippen LogP contribution is -2.41. The van der Waals surface area contributed by atoms with E-state index in [1.807, 2.05) is 13.8 Å². The SMILES string of the molecule is CC(C)C(C(=O)O)n1cc(Nc2ncc(Br)c(N[C@@H]3[C@H](C(N)=O)[C@H]4C=C[C@@H]3C4)n2)cn1. The van der Waals surface area contributed by atoms with E-state index in [0.29, 0.717) is 21.9 Å². The Morgan fingerprint density at radius 3 is 2.71 bits per heavy atom. The number of nitrogens with zero attached hydrogens (tertiary/aromatic N) is 4. The Kier molecular flexibility index (Phi) is 5.69. The van der Waals surface area contributed by atoms with Crippen molar-refractivity contribution in [2.24, 2.45) is 29.4 Å². The van der Waals surface area contributed by atoms with Crippen LogP contribution in [0.3, 0.4) is 0 Å². The van der Waals surface area contributed by atoms with Crippen molar-refractivity contribution in [2.75, 3.05) is 10.6 Å². The minimum absolute atomic E-state index is 0.126. The smallest absolute Gasteiger partial charge is 0.328 e. The van der Waals surface area contributed by atoms with Crippen LogP contribution in [0.4, 0.5) is 17.5 Å². The molecule has 0 aromatic carbocycles. The number of amides is 1. The molecule has 2 aromatic rings. The maximum absolute atomic E-state index is 12.0. The highest BCUT2D eigenvalue weighted by Gasteiger charge is 2.47. The van der Waals surface area contributed by atoms with E-state index in [-0.39, 0.29) is 35.6 Å². The van der Waals surface area contributed by atoms with Crippen LogP contribution in [0, 0.1) is 23.7 Å². The Hall–Kier alpha value is -2.95.